The smallest absolute Gasteiger partial charge is 0.324 e. The standard InChI is InChI=1S/C26H26F2N6O3/c1-36-12-11-32-7-9-33(10-8-32)26-29-25(31-37-26)19-4-2-3-18(13-19)17-34-24(35)6-5-23(30-34)20-14-21(27)16-22(28)15-20/h2-6,13-16H,7-12,17H2,1H3. The highest BCUT2D eigenvalue weighted by Crippen LogP contribution is 2.23. The van der Waals surface area contributed by atoms with E-state index >= 15 is 0 Å². The molecule has 0 spiro atoms. The molecule has 9 nitrogen and oxygen atoms in total. The van der Waals surface area contributed by atoms with E-state index in [1.54, 1.807) is 7.11 Å². The summed E-state index contributed by atoms with van der Waals surface area (Å²) in [5.74, 6) is -0.979. The summed E-state index contributed by atoms with van der Waals surface area (Å²) in [6, 6.07) is 13.8. The predicted molar refractivity (Wildman–Crippen MR) is 133 cm³/mol. The van der Waals surface area contributed by atoms with Gasteiger partial charge in [-0.2, -0.15) is 10.1 Å². The van der Waals surface area contributed by atoms with Crippen LogP contribution in [0, 0.1) is 11.6 Å². The van der Waals surface area contributed by atoms with Crippen LogP contribution in [0.5, 0.6) is 0 Å². The molecule has 0 saturated carbocycles. The molecule has 1 aliphatic heterocycles. The maximum Gasteiger partial charge on any atom is 0.324 e. The fourth-order valence-corrected chi connectivity index (χ4v) is 4.24. The first-order chi connectivity index (χ1) is 18.0. The molecule has 0 radical (unpaired) electrons. The third-order valence-corrected chi connectivity index (χ3v) is 6.21. The Kier molecular flexibility index (Phi) is 7.33. The molecule has 0 atom stereocenters. The van der Waals surface area contributed by atoms with Crippen molar-refractivity contribution in [2.45, 2.75) is 6.54 Å². The number of piperazine rings is 1. The van der Waals surface area contributed by atoms with Crippen molar-refractivity contribution in [3.05, 3.63) is 82.1 Å². The molecule has 2 aromatic carbocycles. The molecule has 37 heavy (non-hydrogen) atoms. The molecule has 1 saturated heterocycles. The molecule has 3 heterocycles. The second kappa shape index (κ2) is 11.0. The SMILES string of the molecule is COCCN1CCN(c2nc(-c3cccc(Cn4nc(-c5cc(F)cc(F)c5)ccc4=O)c3)no2)CC1. The third-order valence-electron chi connectivity index (χ3n) is 6.21. The summed E-state index contributed by atoms with van der Waals surface area (Å²) in [7, 11) is 1.70. The number of nitrogens with zero attached hydrogens (tertiary/aromatic N) is 6. The largest absolute Gasteiger partial charge is 0.383 e. The molecule has 0 N–H and O–H groups in total. The average Bonchev–Trinajstić information content (AvgIpc) is 3.39. The zero-order valence-corrected chi connectivity index (χ0v) is 20.3. The zero-order valence-electron chi connectivity index (χ0n) is 20.3. The molecule has 4 aromatic rings. The summed E-state index contributed by atoms with van der Waals surface area (Å²) in [5, 5.41) is 8.46. The highest BCUT2D eigenvalue weighted by molar-refractivity contribution is 5.59. The van der Waals surface area contributed by atoms with Crippen molar-refractivity contribution in [1.29, 1.82) is 0 Å². The molecular weight excluding hydrogens is 482 g/mol. The maximum absolute atomic E-state index is 13.7. The molecule has 0 bridgehead atoms. The molecule has 192 valence electrons. The minimum Gasteiger partial charge on any atom is -0.383 e. The normalized spacial score (nSPS) is 14.3. The molecule has 2 aromatic heterocycles. The van der Waals surface area contributed by atoms with E-state index in [1.807, 2.05) is 24.3 Å². The minimum atomic E-state index is -0.713. The summed E-state index contributed by atoms with van der Waals surface area (Å²) in [5.41, 5.74) is 1.73. The maximum atomic E-state index is 13.7. The van der Waals surface area contributed by atoms with Gasteiger partial charge in [-0.3, -0.25) is 9.69 Å². The van der Waals surface area contributed by atoms with Crippen molar-refractivity contribution in [2.75, 3.05) is 51.3 Å². The number of methoxy groups -OCH3 is 1. The third kappa shape index (κ3) is 5.89. The van der Waals surface area contributed by atoms with Crippen LogP contribution in [0.2, 0.25) is 0 Å². The molecule has 11 heteroatoms. The Hall–Kier alpha value is -3.96. The second-order valence-electron chi connectivity index (χ2n) is 8.80. The van der Waals surface area contributed by atoms with Crippen molar-refractivity contribution >= 4 is 6.01 Å². The van der Waals surface area contributed by atoms with Crippen LogP contribution in [0.3, 0.4) is 0 Å². The van der Waals surface area contributed by atoms with E-state index in [4.69, 9.17) is 9.26 Å². The quantitative estimate of drug-likeness (QED) is 0.359. The van der Waals surface area contributed by atoms with Crippen molar-refractivity contribution in [2.24, 2.45) is 0 Å². The second-order valence-corrected chi connectivity index (χ2v) is 8.80. The summed E-state index contributed by atoms with van der Waals surface area (Å²) in [6.45, 7) is 5.10. The van der Waals surface area contributed by atoms with Gasteiger partial charge in [0.1, 0.15) is 11.6 Å². The highest BCUT2D eigenvalue weighted by atomic mass is 19.1. The number of ether oxygens (including phenoxy) is 1. The highest BCUT2D eigenvalue weighted by Gasteiger charge is 2.21. The average molecular weight is 509 g/mol. The molecule has 0 amide bonds. The number of hydrogen-bond donors (Lipinski definition) is 0. The Bertz CT molecular complexity index is 1410. The van der Waals surface area contributed by atoms with Gasteiger partial charge in [0, 0.05) is 63.1 Å². The van der Waals surface area contributed by atoms with Gasteiger partial charge in [0.15, 0.2) is 0 Å². The van der Waals surface area contributed by atoms with E-state index in [-0.39, 0.29) is 17.7 Å². The number of rotatable bonds is 8. The lowest BCUT2D eigenvalue weighted by Gasteiger charge is -2.33. The van der Waals surface area contributed by atoms with E-state index in [0.717, 1.165) is 49.9 Å². The van der Waals surface area contributed by atoms with Gasteiger partial charge in [-0.25, -0.2) is 13.5 Å². The monoisotopic (exact) mass is 508 g/mol. The van der Waals surface area contributed by atoms with Crippen LogP contribution in [0.25, 0.3) is 22.6 Å². The number of aromatic nitrogens is 4. The molecule has 0 unspecified atom stereocenters. The summed E-state index contributed by atoms with van der Waals surface area (Å²) in [6.07, 6.45) is 0. The van der Waals surface area contributed by atoms with Gasteiger partial charge in [0.2, 0.25) is 5.82 Å². The topological polar surface area (TPSA) is 89.5 Å². The van der Waals surface area contributed by atoms with Gasteiger partial charge in [0.05, 0.1) is 18.8 Å². The van der Waals surface area contributed by atoms with E-state index in [1.165, 1.54) is 28.9 Å². The number of halogens is 2. The Morgan fingerprint density at radius 1 is 0.973 bits per heavy atom. The first kappa shape index (κ1) is 24.7. The van der Waals surface area contributed by atoms with Crippen LogP contribution in [0.1, 0.15) is 5.56 Å². The first-order valence-electron chi connectivity index (χ1n) is 11.9. The van der Waals surface area contributed by atoms with Crippen LogP contribution >= 0.6 is 0 Å². The van der Waals surface area contributed by atoms with Crippen LogP contribution in [0.4, 0.5) is 14.8 Å². The van der Waals surface area contributed by atoms with E-state index in [2.05, 4.69) is 25.0 Å². The van der Waals surface area contributed by atoms with E-state index < -0.39 is 11.6 Å². The molecule has 5 rings (SSSR count). The predicted octanol–water partition coefficient (Wildman–Crippen LogP) is 3.06. The van der Waals surface area contributed by atoms with Crippen LogP contribution < -0.4 is 10.5 Å². The lowest BCUT2D eigenvalue weighted by molar-refractivity contribution is 0.143. The van der Waals surface area contributed by atoms with Gasteiger partial charge >= 0.3 is 6.01 Å². The Labute approximate surface area is 211 Å². The number of anilines is 1. The van der Waals surface area contributed by atoms with Gasteiger partial charge in [0.25, 0.3) is 5.56 Å². The molecular formula is C26H26F2N6O3. The van der Waals surface area contributed by atoms with Gasteiger partial charge in [-0.05, 0) is 29.8 Å². The van der Waals surface area contributed by atoms with Gasteiger partial charge < -0.3 is 14.2 Å². The Balaban J connectivity index is 1.31. The summed E-state index contributed by atoms with van der Waals surface area (Å²) >= 11 is 0. The van der Waals surface area contributed by atoms with E-state index in [9.17, 15) is 13.6 Å². The first-order valence-corrected chi connectivity index (χ1v) is 11.9. The number of hydrogen-bond acceptors (Lipinski definition) is 8. The summed E-state index contributed by atoms with van der Waals surface area (Å²) < 4.78 is 39.3. The molecule has 1 fully saturated rings. The Morgan fingerprint density at radius 3 is 2.51 bits per heavy atom. The molecule has 0 aliphatic carbocycles. The van der Waals surface area contributed by atoms with Crippen molar-refractivity contribution in [3.63, 3.8) is 0 Å². The van der Waals surface area contributed by atoms with Crippen molar-refractivity contribution < 1.29 is 18.0 Å². The van der Waals surface area contributed by atoms with Crippen LogP contribution in [-0.2, 0) is 11.3 Å². The summed E-state index contributed by atoms with van der Waals surface area (Å²) in [4.78, 5) is 21.4. The van der Waals surface area contributed by atoms with Crippen LogP contribution in [-0.4, -0.2) is 71.3 Å². The van der Waals surface area contributed by atoms with Crippen molar-refractivity contribution in [1.82, 2.24) is 24.8 Å². The number of benzene rings is 2. The minimum absolute atomic E-state index is 0.159. The lowest BCUT2D eigenvalue weighted by Crippen LogP contribution is -2.47. The fourth-order valence-electron chi connectivity index (χ4n) is 4.24. The van der Waals surface area contributed by atoms with Crippen molar-refractivity contribution in [3.8, 4) is 22.6 Å². The van der Waals surface area contributed by atoms with Crippen LogP contribution in [0.15, 0.2) is 63.9 Å². The molecule has 1 aliphatic rings. The van der Waals surface area contributed by atoms with E-state index in [0.29, 0.717) is 24.1 Å². The van der Waals surface area contributed by atoms with Gasteiger partial charge in [-0.15, -0.1) is 0 Å². The fraction of sp³-hybridized carbons (Fsp3) is 0.308. The van der Waals surface area contributed by atoms with Gasteiger partial charge in [-0.1, -0.05) is 23.4 Å². The Morgan fingerprint density at radius 2 is 1.76 bits per heavy atom. The lowest BCUT2D eigenvalue weighted by atomic mass is 10.1. The zero-order chi connectivity index (χ0) is 25.8.